The Morgan fingerprint density at radius 2 is 1.71 bits per heavy atom. The minimum absolute atomic E-state index is 0.127. The predicted molar refractivity (Wildman–Crippen MR) is 151 cm³/mol. The fourth-order valence-electron chi connectivity index (χ4n) is 5.37. The van der Waals surface area contributed by atoms with E-state index in [1.807, 2.05) is 29.1 Å². The molecule has 2 saturated heterocycles. The Bertz CT molecular complexity index is 1430. The van der Waals surface area contributed by atoms with E-state index in [0.717, 1.165) is 79.2 Å². The molecule has 0 bridgehead atoms. The molecule has 0 spiro atoms. The normalized spacial score (nSPS) is 16.3. The van der Waals surface area contributed by atoms with Crippen LogP contribution in [0.3, 0.4) is 0 Å². The predicted octanol–water partition coefficient (Wildman–Crippen LogP) is 4.26. The molecule has 0 radical (unpaired) electrons. The minimum Gasteiger partial charge on any atom is -0.495 e. The lowest BCUT2D eigenvalue weighted by Gasteiger charge is -2.37. The minimum atomic E-state index is -0.127. The summed E-state index contributed by atoms with van der Waals surface area (Å²) >= 11 is 6.38. The van der Waals surface area contributed by atoms with Gasteiger partial charge in [0, 0.05) is 75.2 Å². The summed E-state index contributed by atoms with van der Waals surface area (Å²) < 4.78 is 7.30. The molecule has 1 N–H and O–H groups in total. The van der Waals surface area contributed by atoms with E-state index >= 15 is 0 Å². The van der Waals surface area contributed by atoms with E-state index < -0.39 is 0 Å². The zero-order valence-corrected chi connectivity index (χ0v) is 22.3. The second kappa shape index (κ2) is 10.7. The number of hydrogen-bond donors (Lipinski definition) is 1. The first-order valence-corrected chi connectivity index (χ1v) is 13.5. The van der Waals surface area contributed by atoms with Gasteiger partial charge in [0.15, 0.2) is 0 Å². The second-order valence-electron chi connectivity index (χ2n) is 9.82. The SMILES string of the molecule is COc1cc(CO)c(-c2cn3ccc(N4CCN(c5ccnc(N6CCCCC6)n5)CC4)cc3n2)cc1Cl. The van der Waals surface area contributed by atoms with Crippen LogP contribution in [0.25, 0.3) is 16.9 Å². The van der Waals surface area contributed by atoms with Gasteiger partial charge in [-0.2, -0.15) is 4.98 Å². The standard InChI is InChI=1S/C28H32ClN7O2/c1-38-25-15-20(19-37)22(17-23(25)29)24-18-36-10-6-21(16-27(36)31-24)33-11-13-34(14-12-33)26-5-7-30-28(32-26)35-8-3-2-4-9-35/h5-7,10,15-18,37H,2-4,8-9,11-14,19H2,1H3. The van der Waals surface area contributed by atoms with Crippen LogP contribution < -0.4 is 19.4 Å². The van der Waals surface area contributed by atoms with Crippen molar-refractivity contribution in [1.29, 1.82) is 0 Å². The molecule has 2 aliphatic heterocycles. The maximum Gasteiger partial charge on any atom is 0.227 e. The van der Waals surface area contributed by atoms with E-state index in [1.54, 1.807) is 19.2 Å². The summed E-state index contributed by atoms with van der Waals surface area (Å²) in [6, 6.07) is 9.83. The van der Waals surface area contributed by atoms with E-state index in [0.29, 0.717) is 10.8 Å². The molecule has 1 aromatic carbocycles. The van der Waals surface area contributed by atoms with Crippen molar-refractivity contribution in [3.63, 3.8) is 0 Å². The molecule has 2 aliphatic rings. The van der Waals surface area contributed by atoms with Crippen molar-refractivity contribution in [2.45, 2.75) is 25.9 Å². The summed E-state index contributed by atoms with van der Waals surface area (Å²) in [6.45, 7) is 5.55. The number of aromatic nitrogens is 4. The summed E-state index contributed by atoms with van der Waals surface area (Å²) in [7, 11) is 1.56. The zero-order chi connectivity index (χ0) is 26.1. The van der Waals surface area contributed by atoms with Gasteiger partial charge in [0.2, 0.25) is 5.95 Å². The molecule has 0 amide bonds. The number of piperidine rings is 1. The summed E-state index contributed by atoms with van der Waals surface area (Å²) in [5.41, 5.74) is 4.26. The van der Waals surface area contributed by atoms with E-state index in [9.17, 15) is 5.11 Å². The van der Waals surface area contributed by atoms with Crippen molar-refractivity contribution in [3.8, 4) is 17.0 Å². The van der Waals surface area contributed by atoms with Gasteiger partial charge in [0.1, 0.15) is 17.2 Å². The average molecular weight is 534 g/mol. The Labute approximate surface area is 227 Å². The Balaban J connectivity index is 1.17. The average Bonchev–Trinajstić information content (AvgIpc) is 3.41. The smallest absolute Gasteiger partial charge is 0.227 e. The van der Waals surface area contributed by atoms with Crippen LogP contribution in [0, 0.1) is 0 Å². The molecule has 10 heteroatoms. The molecule has 2 fully saturated rings. The van der Waals surface area contributed by atoms with Gasteiger partial charge in [-0.3, -0.25) is 0 Å². The Morgan fingerprint density at radius 3 is 2.47 bits per heavy atom. The van der Waals surface area contributed by atoms with Gasteiger partial charge in [-0.15, -0.1) is 0 Å². The van der Waals surface area contributed by atoms with Gasteiger partial charge in [-0.25, -0.2) is 9.97 Å². The number of ether oxygens (including phenoxy) is 1. The topological polar surface area (TPSA) is 82.3 Å². The van der Waals surface area contributed by atoms with Gasteiger partial charge < -0.3 is 28.9 Å². The quantitative estimate of drug-likeness (QED) is 0.394. The molecule has 0 aliphatic carbocycles. The molecule has 0 saturated carbocycles. The van der Waals surface area contributed by atoms with Gasteiger partial charge in [-0.1, -0.05) is 11.6 Å². The monoisotopic (exact) mass is 533 g/mol. The number of fused-ring (bicyclic) bond motifs is 1. The summed E-state index contributed by atoms with van der Waals surface area (Å²) in [5.74, 6) is 2.40. The van der Waals surface area contributed by atoms with Crippen molar-refractivity contribution < 1.29 is 9.84 Å². The van der Waals surface area contributed by atoms with Crippen LogP contribution in [-0.4, -0.2) is 70.8 Å². The van der Waals surface area contributed by atoms with E-state index in [2.05, 4.69) is 31.8 Å². The molecule has 0 atom stereocenters. The number of piperazine rings is 1. The highest BCUT2D eigenvalue weighted by molar-refractivity contribution is 6.32. The molecule has 0 unspecified atom stereocenters. The molecule has 3 aromatic heterocycles. The number of aliphatic hydroxyl groups is 1. The number of halogens is 1. The third-order valence-corrected chi connectivity index (χ3v) is 7.80. The number of aliphatic hydroxyl groups excluding tert-OH is 1. The highest BCUT2D eigenvalue weighted by atomic mass is 35.5. The Morgan fingerprint density at radius 1 is 0.921 bits per heavy atom. The van der Waals surface area contributed by atoms with Crippen molar-refractivity contribution in [3.05, 3.63) is 59.5 Å². The number of imidazole rings is 1. The molecule has 4 aromatic rings. The molecule has 6 rings (SSSR count). The molecule has 38 heavy (non-hydrogen) atoms. The number of hydrogen-bond acceptors (Lipinski definition) is 8. The van der Waals surface area contributed by atoms with E-state index in [4.69, 9.17) is 26.3 Å². The van der Waals surface area contributed by atoms with E-state index in [1.165, 1.54) is 19.3 Å². The van der Waals surface area contributed by atoms with Crippen molar-refractivity contribution in [2.75, 3.05) is 61.1 Å². The third kappa shape index (κ3) is 4.83. The van der Waals surface area contributed by atoms with Crippen LogP contribution in [-0.2, 0) is 6.61 Å². The molecule has 9 nitrogen and oxygen atoms in total. The first-order chi connectivity index (χ1) is 18.6. The molecular formula is C28H32ClN7O2. The largest absolute Gasteiger partial charge is 0.495 e. The van der Waals surface area contributed by atoms with Gasteiger partial charge in [0.25, 0.3) is 0 Å². The van der Waals surface area contributed by atoms with Crippen LogP contribution >= 0.6 is 11.6 Å². The van der Waals surface area contributed by atoms with E-state index in [-0.39, 0.29) is 6.61 Å². The van der Waals surface area contributed by atoms with Crippen molar-refractivity contribution in [2.24, 2.45) is 0 Å². The molecule has 5 heterocycles. The fourth-order valence-corrected chi connectivity index (χ4v) is 5.61. The third-order valence-electron chi connectivity index (χ3n) is 7.50. The lowest BCUT2D eigenvalue weighted by atomic mass is 10.1. The maximum absolute atomic E-state index is 9.91. The first kappa shape index (κ1) is 24.8. The number of methoxy groups -OCH3 is 1. The van der Waals surface area contributed by atoms with Gasteiger partial charge >= 0.3 is 0 Å². The Kier molecular flexibility index (Phi) is 6.95. The van der Waals surface area contributed by atoms with Gasteiger partial charge in [-0.05, 0) is 49.1 Å². The number of nitrogens with zero attached hydrogens (tertiary/aromatic N) is 7. The van der Waals surface area contributed by atoms with Gasteiger partial charge in [0.05, 0.1) is 24.4 Å². The highest BCUT2D eigenvalue weighted by Crippen LogP contribution is 2.34. The van der Waals surface area contributed by atoms with Crippen LogP contribution in [0.2, 0.25) is 5.02 Å². The summed E-state index contributed by atoms with van der Waals surface area (Å²) in [5, 5.41) is 10.4. The van der Waals surface area contributed by atoms with Crippen LogP contribution in [0.4, 0.5) is 17.5 Å². The lowest BCUT2D eigenvalue weighted by molar-refractivity contribution is 0.281. The lowest BCUT2D eigenvalue weighted by Crippen LogP contribution is -2.47. The first-order valence-electron chi connectivity index (χ1n) is 13.2. The fraction of sp³-hybridized carbons (Fsp3) is 0.393. The molecular weight excluding hydrogens is 502 g/mol. The maximum atomic E-state index is 9.91. The van der Waals surface area contributed by atoms with Crippen molar-refractivity contribution >= 4 is 34.7 Å². The number of rotatable bonds is 6. The molecule has 198 valence electrons. The summed E-state index contributed by atoms with van der Waals surface area (Å²) in [6.07, 6.45) is 9.61. The Hall–Kier alpha value is -3.56. The number of anilines is 3. The number of pyridine rings is 1. The number of benzene rings is 1. The van der Waals surface area contributed by atoms with Crippen LogP contribution in [0.1, 0.15) is 24.8 Å². The summed E-state index contributed by atoms with van der Waals surface area (Å²) in [4.78, 5) is 21.3. The van der Waals surface area contributed by atoms with Crippen LogP contribution in [0.5, 0.6) is 5.75 Å². The van der Waals surface area contributed by atoms with Crippen LogP contribution in [0.15, 0.2) is 48.9 Å². The second-order valence-corrected chi connectivity index (χ2v) is 10.2. The van der Waals surface area contributed by atoms with Crippen molar-refractivity contribution in [1.82, 2.24) is 19.4 Å². The zero-order valence-electron chi connectivity index (χ0n) is 21.6. The highest BCUT2D eigenvalue weighted by Gasteiger charge is 2.21.